The molecular weight excluding hydrogens is 250 g/mol. The molecule has 90 valence electrons. The second-order valence-electron chi connectivity index (χ2n) is 3.77. The maximum absolute atomic E-state index is 5.31. The smallest absolute Gasteiger partial charge is 0.179 e. The molecule has 2 aromatic rings. The standard InChI is InChI=1S/C12H15N3S2/c1-3-7-17-8-6-15-11-10(14-12(15)16)5-4-9(2)13-11/h3-5H,1,6-8H2,2H3,(H,14,16). The number of aromatic nitrogens is 3. The lowest BCUT2D eigenvalue weighted by molar-refractivity contribution is 0.773. The first-order valence-electron chi connectivity index (χ1n) is 5.47. The summed E-state index contributed by atoms with van der Waals surface area (Å²) in [4.78, 5) is 7.71. The summed E-state index contributed by atoms with van der Waals surface area (Å²) in [5.74, 6) is 1.99. The molecule has 2 aromatic heterocycles. The van der Waals surface area contributed by atoms with Crippen LogP contribution in [0.4, 0.5) is 0 Å². The number of aromatic amines is 1. The van der Waals surface area contributed by atoms with Gasteiger partial charge in [0.05, 0.1) is 5.52 Å². The molecule has 5 heteroatoms. The highest BCUT2D eigenvalue weighted by Crippen LogP contribution is 2.13. The number of H-pyrrole nitrogens is 1. The Morgan fingerprint density at radius 3 is 3.18 bits per heavy atom. The van der Waals surface area contributed by atoms with Crippen molar-refractivity contribution in [3.8, 4) is 0 Å². The molecule has 0 unspecified atom stereocenters. The minimum Gasteiger partial charge on any atom is -0.329 e. The predicted octanol–water partition coefficient (Wildman–Crippen LogP) is 3.32. The Bertz CT molecular complexity index is 583. The van der Waals surface area contributed by atoms with Crippen LogP contribution in [-0.4, -0.2) is 26.0 Å². The number of aryl methyl sites for hydroxylation is 2. The zero-order chi connectivity index (χ0) is 12.3. The van der Waals surface area contributed by atoms with Crippen molar-refractivity contribution >= 4 is 35.1 Å². The van der Waals surface area contributed by atoms with Gasteiger partial charge < -0.3 is 9.55 Å². The molecule has 0 radical (unpaired) electrons. The zero-order valence-corrected chi connectivity index (χ0v) is 11.4. The summed E-state index contributed by atoms with van der Waals surface area (Å²) < 4.78 is 2.81. The van der Waals surface area contributed by atoms with Crippen molar-refractivity contribution in [1.29, 1.82) is 0 Å². The van der Waals surface area contributed by atoms with Gasteiger partial charge in [0.25, 0.3) is 0 Å². The number of nitrogens with zero attached hydrogens (tertiary/aromatic N) is 2. The Morgan fingerprint density at radius 2 is 2.41 bits per heavy atom. The molecule has 0 fully saturated rings. The van der Waals surface area contributed by atoms with Crippen LogP contribution in [0.2, 0.25) is 0 Å². The molecular formula is C12H15N3S2. The topological polar surface area (TPSA) is 33.6 Å². The van der Waals surface area contributed by atoms with Crippen molar-refractivity contribution in [2.24, 2.45) is 0 Å². The maximum atomic E-state index is 5.31. The summed E-state index contributed by atoms with van der Waals surface area (Å²) in [6.45, 7) is 6.58. The van der Waals surface area contributed by atoms with E-state index in [9.17, 15) is 0 Å². The Balaban J connectivity index is 2.26. The van der Waals surface area contributed by atoms with Crippen LogP contribution in [0.3, 0.4) is 0 Å². The van der Waals surface area contributed by atoms with Crippen molar-refractivity contribution in [1.82, 2.24) is 14.5 Å². The number of imidazole rings is 1. The van der Waals surface area contributed by atoms with E-state index < -0.39 is 0 Å². The van der Waals surface area contributed by atoms with E-state index in [-0.39, 0.29) is 0 Å². The van der Waals surface area contributed by atoms with Gasteiger partial charge in [-0.1, -0.05) is 6.08 Å². The van der Waals surface area contributed by atoms with Gasteiger partial charge in [0.2, 0.25) is 0 Å². The van der Waals surface area contributed by atoms with Crippen molar-refractivity contribution in [3.63, 3.8) is 0 Å². The van der Waals surface area contributed by atoms with Gasteiger partial charge in [0.15, 0.2) is 10.4 Å². The van der Waals surface area contributed by atoms with E-state index in [1.807, 2.05) is 36.9 Å². The second kappa shape index (κ2) is 5.51. The Morgan fingerprint density at radius 1 is 1.59 bits per heavy atom. The first-order chi connectivity index (χ1) is 8.22. The average molecular weight is 265 g/mol. The van der Waals surface area contributed by atoms with Crippen molar-refractivity contribution in [3.05, 3.63) is 35.3 Å². The molecule has 2 heterocycles. The highest BCUT2D eigenvalue weighted by molar-refractivity contribution is 7.99. The molecule has 0 saturated carbocycles. The van der Waals surface area contributed by atoms with Crippen LogP contribution < -0.4 is 0 Å². The summed E-state index contributed by atoms with van der Waals surface area (Å²) in [6, 6.07) is 4.02. The zero-order valence-electron chi connectivity index (χ0n) is 9.77. The van der Waals surface area contributed by atoms with E-state index in [1.54, 1.807) is 0 Å². The lowest BCUT2D eigenvalue weighted by Crippen LogP contribution is -2.02. The maximum Gasteiger partial charge on any atom is 0.179 e. The van der Waals surface area contributed by atoms with Crippen LogP contribution in [0.1, 0.15) is 5.69 Å². The number of pyridine rings is 1. The van der Waals surface area contributed by atoms with E-state index >= 15 is 0 Å². The fourth-order valence-electron chi connectivity index (χ4n) is 1.66. The molecule has 0 aromatic carbocycles. The summed E-state index contributed by atoms with van der Waals surface area (Å²) in [5.41, 5.74) is 2.97. The molecule has 0 saturated heterocycles. The fraction of sp³-hybridized carbons (Fsp3) is 0.333. The van der Waals surface area contributed by atoms with Gasteiger partial charge in [-0.3, -0.25) is 0 Å². The monoisotopic (exact) mass is 265 g/mol. The number of rotatable bonds is 5. The van der Waals surface area contributed by atoms with Crippen LogP contribution in [0.25, 0.3) is 11.2 Å². The molecule has 0 bridgehead atoms. The Kier molecular flexibility index (Phi) is 4.02. The van der Waals surface area contributed by atoms with Crippen molar-refractivity contribution in [2.45, 2.75) is 13.5 Å². The van der Waals surface area contributed by atoms with Gasteiger partial charge >= 0.3 is 0 Å². The van der Waals surface area contributed by atoms with Gasteiger partial charge in [0.1, 0.15) is 0 Å². The first kappa shape index (κ1) is 12.4. The number of nitrogens with one attached hydrogen (secondary N) is 1. The largest absolute Gasteiger partial charge is 0.329 e. The van der Waals surface area contributed by atoms with Crippen LogP contribution in [0.15, 0.2) is 24.8 Å². The SMILES string of the molecule is C=CCSCCn1c(=S)[nH]c2ccc(C)nc21. The minimum atomic E-state index is 0.748. The highest BCUT2D eigenvalue weighted by Gasteiger charge is 2.05. The third-order valence-electron chi connectivity index (χ3n) is 2.45. The molecule has 0 aliphatic carbocycles. The van der Waals surface area contributed by atoms with Crippen LogP contribution in [0, 0.1) is 11.7 Å². The van der Waals surface area contributed by atoms with E-state index in [2.05, 4.69) is 21.1 Å². The van der Waals surface area contributed by atoms with Crippen LogP contribution in [0.5, 0.6) is 0 Å². The molecule has 2 rings (SSSR count). The lowest BCUT2D eigenvalue weighted by Gasteiger charge is -2.03. The molecule has 0 aliphatic heterocycles. The molecule has 17 heavy (non-hydrogen) atoms. The summed E-state index contributed by atoms with van der Waals surface area (Å²) in [6.07, 6.45) is 1.92. The van der Waals surface area contributed by atoms with E-state index in [0.29, 0.717) is 0 Å². The van der Waals surface area contributed by atoms with Gasteiger partial charge in [-0.15, -0.1) is 6.58 Å². The molecule has 0 aliphatic rings. The van der Waals surface area contributed by atoms with Gasteiger partial charge in [-0.2, -0.15) is 11.8 Å². The van der Waals surface area contributed by atoms with E-state index in [4.69, 9.17) is 12.2 Å². The number of fused-ring (bicyclic) bond motifs is 1. The fourth-order valence-corrected chi connectivity index (χ4v) is 2.59. The van der Waals surface area contributed by atoms with Gasteiger partial charge in [-0.25, -0.2) is 4.98 Å². The third kappa shape index (κ3) is 2.79. The number of thioether (sulfide) groups is 1. The second-order valence-corrected chi connectivity index (χ2v) is 5.31. The summed E-state index contributed by atoms with van der Waals surface area (Å²) in [7, 11) is 0. The Labute approximate surface area is 110 Å². The summed E-state index contributed by atoms with van der Waals surface area (Å²) >= 11 is 7.16. The van der Waals surface area contributed by atoms with Gasteiger partial charge in [0, 0.05) is 23.7 Å². The molecule has 0 spiro atoms. The average Bonchev–Trinajstić information content (AvgIpc) is 2.61. The highest BCUT2D eigenvalue weighted by atomic mass is 32.2. The van der Waals surface area contributed by atoms with Crippen LogP contribution >= 0.6 is 24.0 Å². The Hall–Kier alpha value is -1.07. The van der Waals surface area contributed by atoms with Crippen molar-refractivity contribution in [2.75, 3.05) is 11.5 Å². The lowest BCUT2D eigenvalue weighted by atomic mass is 10.3. The van der Waals surface area contributed by atoms with Crippen molar-refractivity contribution < 1.29 is 0 Å². The minimum absolute atomic E-state index is 0.748. The number of hydrogen-bond acceptors (Lipinski definition) is 3. The molecule has 3 nitrogen and oxygen atoms in total. The predicted molar refractivity (Wildman–Crippen MR) is 77.2 cm³/mol. The molecule has 0 atom stereocenters. The van der Waals surface area contributed by atoms with Crippen LogP contribution in [-0.2, 0) is 6.54 Å². The number of hydrogen-bond donors (Lipinski definition) is 1. The van der Waals surface area contributed by atoms with Gasteiger partial charge in [-0.05, 0) is 31.3 Å². The van der Waals surface area contributed by atoms with E-state index in [0.717, 1.165) is 39.7 Å². The quantitative estimate of drug-likeness (QED) is 0.511. The third-order valence-corrected chi connectivity index (χ3v) is 3.72. The van der Waals surface area contributed by atoms with E-state index in [1.165, 1.54) is 0 Å². The molecule has 1 N–H and O–H groups in total. The molecule has 0 amide bonds. The summed E-state index contributed by atoms with van der Waals surface area (Å²) in [5, 5.41) is 0. The normalized spacial score (nSPS) is 10.9. The first-order valence-corrected chi connectivity index (χ1v) is 7.03.